The summed E-state index contributed by atoms with van der Waals surface area (Å²) >= 11 is 6.39. The Hall–Kier alpha value is -3.25. The van der Waals surface area contributed by atoms with E-state index in [1.54, 1.807) is 4.90 Å². The minimum Gasteiger partial charge on any atom is -0.484 e. The molecule has 37 heavy (non-hydrogen) atoms. The molecule has 2 aromatic carbocycles. The molecule has 0 bridgehead atoms. The second-order valence-corrected chi connectivity index (χ2v) is 10.6. The molecule has 0 saturated heterocycles. The molecule has 0 aliphatic rings. The number of para-hydroxylation sites is 1. The van der Waals surface area contributed by atoms with Crippen molar-refractivity contribution in [1.29, 1.82) is 0 Å². The van der Waals surface area contributed by atoms with Crippen molar-refractivity contribution in [1.82, 2.24) is 14.4 Å². The van der Waals surface area contributed by atoms with Crippen molar-refractivity contribution in [3.63, 3.8) is 0 Å². The summed E-state index contributed by atoms with van der Waals surface area (Å²) in [5, 5.41) is 0.720. The molecule has 0 aliphatic carbocycles. The van der Waals surface area contributed by atoms with Gasteiger partial charge in [0.25, 0.3) is 5.91 Å². The molecule has 0 spiro atoms. The average Bonchev–Trinajstić information content (AvgIpc) is 3.29. The highest BCUT2D eigenvalue weighted by Crippen LogP contribution is 2.19. The van der Waals surface area contributed by atoms with Gasteiger partial charge in [0, 0.05) is 36.5 Å². The third-order valence-corrected chi connectivity index (χ3v) is 6.25. The lowest BCUT2D eigenvalue weighted by atomic mass is 10.1. The lowest BCUT2D eigenvalue weighted by Gasteiger charge is -2.30. The summed E-state index contributed by atoms with van der Waals surface area (Å²) in [6, 6.07) is 21.0. The first kappa shape index (κ1) is 28.3. The molecule has 0 atom stereocenters. The summed E-state index contributed by atoms with van der Waals surface area (Å²) in [5.74, 6) is 0.865. The molecule has 0 radical (unpaired) electrons. The number of aromatic nitrogens is 1. The third-order valence-electron chi connectivity index (χ3n) is 5.88. The number of carbonyl (C=O) groups is 2. The second kappa shape index (κ2) is 13.9. The van der Waals surface area contributed by atoms with E-state index in [2.05, 4.69) is 18.4 Å². The standard InChI is InChI=1S/C30H38ClN3O3/c1-23(2)17-33(20-26-12-10-16-32(26)19-25-11-8-9-15-28(25)31)29(35)21-34(18-24(3)4)30(36)22-37-27-13-6-5-7-14-27/h5-16,23-24H,17-22H2,1-4H3. The normalized spacial score (nSPS) is 11.1. The van der Waals surface area contributed by atoms with E-state index < -0.39 is 0 Å². The van der Waals surface area contributed by atoms with E-state index in [-0.39, 0.29) is 36.8 Å². The van der Waals surface area contributed by atoms with E-state index in [1.165, 1.54) is 0 Å². The number of rotatable bonds is 13. The van der Waals surface area contributed by atoms with Crippen LogP contribution in [-0.4, -0.2) is 52.4 Å². The molecule has 3 aromatic rings. The van der Waals surface area contributed by atoms with E-state index in [1.807, 2.05) is 91.7 Å². The number of carbonyl (C=O) groups excluding carboxylic acids is 2. The zero-order valence-corrected chi connectivity index (χ0v) is 23.0. The second-order valence-electron chi connectivity index (χ2n) is 10.2. The molecule has 6 nitrogen and oxygen atoms in total. The quantitative estimate of drug-likeness (QED) is 0.287. The Labute approximate surface area is 225 Å². The maximum Gasteiger partial charge on any atom is 0.260 e. The van der Waals surface area contributed by atoms with Gasteiger partial charge in [0.2, 0.25) is 5.91 Å². The van der Waals surface area contributed by atoms with Gasteiger partial charge in [0.1, 0.15) is 5.75 Å². The number of halogens is 1. The monoisotopic (exact) mass is 523 g/mol. The summed E-state index contributed by atoms with van der Waals surface area (Å²) in [4.78, 5) is 30.1. The number of ether oxygens (including phenoxy) is 1. The first-order chi connectivity index (χ1) is 17.7. The van der Waals surface area contributed by atoms with E-state index in [4.69, 9.17) is 16.3 Å². The van der Waals surface area contributed by atoms with Crippen LogP contribution >= 0.6 is 11.6 Å². The number of hydrogen-bond acceptors (Lipinski definition) is 3. The smallest absolute Gasteiger partial charge is 0.260 e. The van der Waals surface area contributed by atoms with Crippen LogP contribution in [0.4, 0.5) is 0 Å². The molecule has 0 saturated carbocycles. The number of benzene rings is 2. The molecule has 1 heterocycles. The van der Waals surface area contributed by atoms with Crippen molar-refractivity contribution in [3.05, 3.63) is 89.2 Å². The third kappa shape index (κ3) is 8.97. The Bertz CT molecular complexity index is 1140. The van der Waals surface area contributed by atoms with Gasteiger partial charge >= 0.3 is 0 Å². The van der Waals surface area contributed by atoms with Crippen LogP contribution in [-0.2, 0) is 22.7 Å². The minimum absolute atomic E-state index is 0.0209. The first-order valence-electron chi connectivity index (χ1n) is 12.8. The molecule has 0 unspecified atom stereocenters. The van der Waals surface area contributed by atoms with Gasteiger partial charge in [0.15, 0.2) is 6.61 Å². The Kier molecular flexibility index (Phi) is 10.6. The topological polar surface area (TPSA) is 54.8 Å². The molecule has 2 amide bonds. The van der Waals surface area contributed by atoms with Gasteiger partial charge in [0.05, 0.1) is 13.1 Å². The van der Waals surface area contributed by atoms with Crippen LogP contribution in [0.15, 0.2) is 72.9 Å². The Balaban J connectivity index is 1.71. The van der Waals surface area contributed by atoms with Gasteiger partial charge in [-0.2, -0.15) is 0 Å². The highest BCUT2D eigenvalue weighted by Gasteiger charge is 2.24. The highest BCUT2D eigenvalue weighted by atomic mass is 35.5. The molecule has 1 aromatic heterocycles. The Morgan fingerprint density at radius 2 is 1.49 bits per heavy atom. The molecule has 0 fully saturated rings. The summed E-state index contributed by atoms with van der Waals surface area (Å²) < 4.78 is 7.79. The van der Waals surface area contributed by atoms with Gasteiger partial charge in [-0.05, 0) is 47.7 Å². The Morgan fingerprint density at radius 3 is 2.16 bits per heavy atom. The maximum atomic E-state index is 13.6. The summed E-state index contributed by atoms with van der Waals surface area (Å²) in [5.41, 5.74) is 2.04. The fourth-order valence-corrected chi connectivity index (χ4v) is 4.36. The van der Waals surface area contributed by atoms with Crippen molar-refractivity contribution >= 4 is 23.4 Å². The molecule has 0 N–H and O–H groups in total. The van der Waals surface area contributed by atoms with Crippen molar-refractivity contribution in [3.8, 4) is 5.75 Å². The van der Waals surface area contributed by atoms with E-state index in [9.17, 15) is 9.59 Å². The molecular weight excluding hydrogens is 486 g/mol. The van der Waals surface area contributed by atoms with Crippen LogP contribution in [0.5, 0.6) is 5.75 Å². The molecule has 0 aliphatic heterocycles. The van der Waals surface area contributed by atoms with Gasteiger partial charge in [-0.25, -0.2) is 0 Å². The maximum absolute atomic E-state index is 13.6. The number of nitrogens with zero attached hydrogens (tertiary/aromatic N) is 3. The first-order valence-corrected chi connectivity index (χ1v) is 13.2. The predicted octanol–water partition coefficient (Wildman–Crippen LogP) is 5.74. The van der Waals surface area contributed by atoms with Gasteiger partial charge in [-0.1, -0.05) is 75.7 Å². The van der Waals surface area contributed by atoms with Crippen LogP contribution in [0.3, 0.4) is 0 Å². The molecule has 198 valence electrons. The lowest BCUT2D eigenvalue weighted by molar-refractivity contribution is -0.142. The fraction of sp³-hybridized carbons (Fsp3) is 0.400. The zero-order valence-electron chi connectivity index (χ0n) is 22.3. The predicted molar refractivity (Wildman–Crippen MR) is 149 cm³/mol. The van der Waals surface area contributed by atoms with Gasteiger partial charge < -0.3 is 19.1 Å². The van der Waals surface area contributed by atoms with Gasteiger partial charge in [-0.3, -0.25) is 9.59 Å². The van der Waals surface area contributed by atoms with Crippen LogP contribution in [0, 0.1) is 11.8 Å². The zero-order chi connectivity index (χ0) is 26.8. The van der Waals surface area contributed by atoms with E-state index >= 15 is 0 Å². The van der Waals surface area contributed by atoms with E-state index in [0.29, 0.717) is 31.9 Å². The van der Waals surface area contributed by atoms with Crippen LogP contribution in [0.25, 0.3) is 0 Å². The van der Waals surface area contributed by atoms with Crippen molar-refractivity contribution in [2.45, 2.75) is 40.8 Å². The largest absolute Gasteiger partial charge is 0.484 e. The lowest BCUT2D eigenvalue weighted by Crippen LogP contribution is -2.46. The van der Waals surface area contributed by atoms with Crippen molar-refractivity contribution in [2.75, 3.05) is 26.2 Å². The van der Waals surface area contributed by atoms with Crippen LogP contribution in [0.2, 0.25) is 5.02 Å². The Morgan fingerprint density at radius 1 is 0.838 bits per heavy atom. The summed E-state index contributed by atoms with van der Waals surface area (Å²) in [7, 11) is 0. The van der Waals surface area contributed by atoms with Crippen molar-refractivity contribution in [2.24, 2.45) is 11.8 Å². The van der Waals surface area contributed by atoms with E-state index in [0.717, 1.165) is 16.3 Å². The molecular formula is C30H38ClN3O3. The molecule has 7 heteroatoms. The highest BCUT2D eigenvalue weighted by molar-refractivity contribution is 6.31. The number of hydrogen-bond donors (Lipinski definition) is 0. The summed E-state index contributed by atoms with van der Waals surface area (Å²) in [6.07, 6.45) is 2.01. The van der Waals surface area contributed by atoms with Gasteiger partial charge in [-0.15, -0.1) is 0 Å². The van der Waals surface area contributed by atoms with Crippen LogP contribution < -0.4 is 4.74 Å². The van der Waals surface area contributed by atoms with Crippen molar-refractivity contribution < 1.29 is 14.3 Å². The molecule has 3 rings (SSSR count). The SMILES string of the molecule is CC(C)CN(CC(=O)N(Cc1cccn1Cc1ccccc1Cl)CC(C)C)C(=O)COc1ccccc1. The fourth-order valence-electron chi connectivity index (χ4n) is 4.16. The summed E-state index contributed by atoms with van der Waals surface area (Å²) in [6.45, 7) is 10.3. The minimum atomic E-state index is -0.197. The van der Waals surface area contributed by atoms with Crippen LogP contribution in [0.1, 0.15) is 39.0 Å². The number of amides is 2. The average molecular weight is 524 g/mol.